The molecule has 5 heteroatoms. The monoisotopic (exact) mass is 279 g/mol. The fraction of sp³-hybridized carbons (Fsp3) is 0.400. The van der Waals surface area contributed by atoms with Crippen LogP contribution in [0, 0.1) is 13.8 Å². The van der Waals surface area contributed by atoms with Gasteiger partial charge in [-0.05, 0) is 25.5 Å². The molecule has 0 atom stereocenters. The van der Waals surface area contributed by atoms with Crippen LogP contribution >= 0.6 is 0 Å². The van der Waals surface area contributed by atoms with Gasteiger partial charge in [-0.15, -0.1) is 0 Å². The summed E-state index contributed by atoms with van der Waals surface area (Å²) < 4.78 is 27.1. The first-order valence-corrected chi connectivity index (χ1v) is 6.56. The predicted molar refractivity (Wildman–Crippen MR) is 74.6 cm³/mol. The fourth-order valence-corrected chi connectivity index (χ4v) is 2.24. The molecule has 3 nitrogen and oxygen atoms in total. The van der Waals surface area contributed by atoms with Crippen LogP contribution in [-0.2, 0) is 20.1 Å². The first kappa shape index (κ1) is 14.7. The molecule has 2 aromatic rings. The minimum atomic E-state index is -2.42. The lowest BCUT2D eigenvalue weighted by atomic mass is 10.1. The summed E-state index contributed by atoms with van der Waals surface area (Å²) in [5.74, 6) is 0. The van der Waals surface area contributed by atoms with E-state index in [1.54, 1.807) is 12.1 Å². The highest BCUT2D eigenvalue weighted by atomic mass is 19.3. The first-order valence-electron chi connectivity index (χ1n) is 6.56. The fourth-order valence-electron chi connectivity index (χ4n) is 2.24. The summed E-state index contributed by atoms with van der Waals surface area (Å²) >= 11 is 0. The molecule has 0 unspecified atom stereocenters. The molecule has 1 aromatic carbocycles. The summed E-state index contributed by atoms with van der Waals surface area (Å²) in [6.45, 7) is 5.24. The van der Waals surface area contributed by atoms with E-state index in [-0.39, 0.29) is 5.56 Å². The summed E-state index contributed by atoms with van der Waals surface area (Å²) in [4.78, 5) is 0. The number of benzene rings is 1. The van der Waals surface area contributed by atoms with Gasteiger partial charge in [0.25, 0.3) is 6.43 Å². The lowest BCUT2D eigenvalue weighted by Gasteiger charge is -2.07. The Morgan fingerprint density at radius 1 is 1.25 bits per heavy atom. The van der Waals surface area contributed by atoms with Crippen molar-refractivity contribution in [3.8, 4) is 0 Å². The molecule has 0 radical (unpaired) electrons. The minimum Gasteiger partial charge on any atom is -0.308 e. The molecule has 0 fully saturated rings. The van der Waals surface area contributed by atoms with Gasteiger partial charge < -0.3 is 5.32 Å². The van der Waals surface area contributed by atoms with Crippen LogP contribution in [0.1, 0.15) is 34.5 Å². The summed E-state index contributed by atoms with van der Waals surface area (Å²) in [7, 11) is 1.91. The maximum absolute atomic E-state index is 12.6. The van der Waals surface area contributed by atoms with Crippen molar-refractivity contribution in [2.24, 2.45) is 7.05 Å². The zero-order valence-electron chi connectivity index (χ0n) is 12.0. The number of rotatable bonds is 5. The lowest BCUT2D eigenvalue weighted by molar-refractivity contribution is 0.151. The van der Waals surface area contributed by atoms with Crippen LogP contribution in [0.25, 0.3) is 0 Å². The van der Waals surface area contributed by atoms with E-state index in [1.807, 2.05) is 31.6 Å². The Balaban J connectivity index is 1.98. The largest absolute Gasteiger partial charge is 0.308 e. The minimum absolute atomic E-state index is 0.0676. The quantitative estimate of drug-likeness (QED) is 0.910. The molecular formula is C15H19F2N3. The molecular weight excluding hydrogens is 260 g/mol. The van der Waals surface area contributed by atoms with Crippen LogP contribution < -0.4 is 5.32 Å². The topological polar surface area (TPSA) is 29.9 Å². The molecule has 1 aromatic heterocycles. The van der Waals surface area contributed by atoms with E-state index in [2.05, 4.69) is 10.4 Å². The molecule has 0 amide bonds. The third-order valence-electron chi connectivity index (χ3n) is 3.49. The SMILES string of the molecule is Cc1nn(C)c(C)c1CNCc1cccc(C(F)F)c1. The predicted octanol–water partition coefficient (Wildman–Crippen LogP) is 3.26. The summed E-state index contributed by atoms with van der Waals surface area (Å²) in [6, 6.07) is 6.51. The zero-order valence-corrected chi connectivity index (χ0v) is 12.0. The van der Waals surface area contributed by atoms with Gasteiger partial charge in [-0.2, -0.15) is 5.10 Å². The van der Waals surface area contributed by atoms with Gasteiger partial charge >= 0.3 is 0 Å². The van der Waals surface area contributed by atoms with Gasteiger partial charge in [0, 0.05) is 37.0 Å². The zero-order chi connectivity index (χ0) is 14.7. The number of nitrogens with zero attached hydrogens (tertiary/aromatic N) is 2. The van der Waals surface area contributed by atoms with Crippen LogP contribution in [0.4, 0.5) is 8.78 Å². The van der Waals surface area contributed by atoms with Crippen molar-refractivity contribution in [2.75, 3.05) is 0 Å². The Kier molecular flexibility index (Phi) is 4.49. The van der Waals surface area contributed by atoms with E-state index in [4.69, 9.17) is 0 Å². The van der Waals surface area contributed by atoms with Gasteiger partial charge in [0.15, 0.2) is 0 Å². The third kappa shape index (κ3) is 3.22. The van der Waals surface area contributed by atoms with Crippen molar-refractivity contribution in [2.45, 2.75) is 33.4 Å². The molecule has 2 rings (SSSR count). The van der Waals surface area contributed by atoms with E-state index >= 15 is 0 Å². The molecule has 0 aliphatic carbocycles. The van der Waals surface area contributed by atoms with Crippen molar-refractivity contribution in [1.82, 2.24) is 15.1 Å². The van der Waals surface area contributed by atoms with Crippen LogP contribution in [0.5, 0.6) is 0 Å². The van der Waals surface area contributed by atoms with Gasteiger partial charge in [0.2, 0.25) is 0 Å². The molecule has 0 saturated heterocycles. The van der Waals surface area contributed by atoms with Crippen LogP contribution in [0.2, 0.25) is 0 Å². The molecule has 108 valence electrons. The maximum atomic E-state index is 12.6. The third-order valence-corrected chi connectivity index (χ3v) is 3.49. The molecule has 1 N–H and O–H groups in total. The number of nitrogens with one attached hydrogen (secondary N) is 1. The van der Waals surface area contributed by atoms with E-state index in [0.29, 0.717) is 13.1 Å². The van der Waals surface area contributed by atoms with Crippen molar-refractivity contribution < 1.29 is 8.78 Å². The van der Waals surface area contributed by atoms with E-state index in [1.165, 1.54) is 6.07 Å². The Morgan fingerprint density at radius 2 is 2.00 bits per heavy atom. The van der Waals surface area contributed by atoms with Gasteiger partial charge in [0.05, 0.1) is 5.69 Å². The number of aryl methyl sites for hydroxylation is 2. The average molecular weight is 279 g/mol. The van der Waals surface area contributed by atoms with Gasteiger partial charge in [0.1, 0.15) is 0 Å². The number of halogens is 2. The second-order valence-corrected chi connectivity index (χ2v) is 4.92. The van der Waals surface area contributed by atoms with Gasteiger partial charge in [-0.3, -0.25) is 4.68 Å². The van der Waals surface area contributed by atoms with Crippen molar-refractivity contribution in [1.29, 1.82) is 0 Å². The second-order valence-electron chi connectivity index (χ2n) is 4.92. The molecule has 0 spiro atoms. The first-order chi connectivity index (χ1) is 9.49. The Labute approximate surface area is 117 Å². The smallest absolute Gasteiger partial charge is 0.263 e. The van der Waals surface area contributed by atoms with Crippen molar-refractivity contribution in [3.63, 3.8) is 0 Å². The highest BCUT2D eigenvalue weighted by Gasteiger charge is 2.09. The van der Waals surface area contributed by atoms with Crippen LogP contribution in [0.15, 0.2) is 24.3 Å². The maximum Gasteiger partial charge on any atom is 0.263 e. The van der Waals surface area contributed by atoms with E-state index in [9.17, 15) is 8.78 Å². The Hall–Kier alpha value is -1.75. The molecule has 0 aliphatic rings. The molecule has 0 bridgehead atoms. The van der Waals surface area contributed by atoms with E-state index < -0.39 is 6.43 Å². The Morgan fingerprint density at radius 3 is 2.60 bits per heavy atom. The molecule has 1 heterocycles. The van der Waals surface area contributed by atoms with Crippen LogP contribution in [0.3, 0.4) is 0 Å². The Bertz CT molecular complexity index is 591. The molecule has 0 saturated carbocycles. The van der Waals surface area contributed by atoms with Gasteiger partial charge in [-0.1, -0.05) is 18.2 Å². The molecule has 0 aliphatic heterocycles. The summed E-state index contributed by atoms with van der Waals surface area (Å²) in [5.41, 5.74) is 4.22. The normalized spacial score (nSPS) is 11.3. The van der Waals surface area contributed by atoms with Crippen LogP contribution in [-0.4, -0.2) is 9.78 Å². The van der Waals surface area contributed by atoms with E-state index in [0.717, 1.165) is 22.5 Å². The summed E-state index contributed by atoms with van der Waals surface area (Å²) in [5, 5.41) is 7.63. The number of alkyl halides is 2. The second kappa shape index (κ2) is 6.13. The summed E-state index contributed by atoms with van der Waals surface area (Å²) in [6.07, 6.45) is -2.42. The van der Waals surface area contributed by atoms with Gasteiger partial charge in [-0.25, -0.2) is 8.78 Å². The average Bonchev–Trinajstić information content (AvgIpc) is 2.65. The number of hydrogen-bond acceptors (Lipinski definition) is 2. The highest BCUT2D eigenvalue weighted by Crippen LogP contribution is 2.19. The van der Waals surface area contributed by atoms with Crippen molar-refractivity contribution in [3.05, 3.63) is 52.3 Å². The van der Waals surface area contributed by atoms with Crippen molar-refractivity contribution >= 4 is 0 Å². The molecule has 20 heavy (non-hydrogen) atoms. The number of aromatic nitrogens is 2. The standard InChI is InChI=1S/C15H19F2N3/c1-10-14(11(2)20(3)19-10)9-18-8-12-5-4-6-13(7-12)15(16)17/h4-7,15,18H,8-9H2,1-3H3. The lowest BCUT2D eigenvalue weighted by Crippen LogP contribution is -2.14. The highest BCUT2D eigenvalue weighted by molar-refractivity contribution is 5.26. The number of hydrogen-bond donors (Lipinski definition) is 1.